The van der Waals surface area contributed by atoms with Crippen LogP contribution in [-0.2, 0) is 22.7 Å². The van der Waals surface area contributed by atoms with Gasteiger partial charge in [0.2, 0.25) is 0 Å². The molecule has 0 bridgehead atoms. The van der Waals surface area contributed by atoms with E-state index in [1.54, 1.807) is 0 Å². The molecular weight excluding hydrogens is 306 g/mol. The van der Waals surface area contributed by atoms with Gasteiger partial charge in [0.1, 0.15) is 5.82 Å². The lowest BCUT2D eigenvalue weighted by molar-refractivity contribution is -0.137. The first kappa shape index (κ1) is 15.5. The van der Waals surface area contributed by atoms with E-state index in [0.717, 1.165) is 24.3 Å². The molecule has 0 amide bonds. The Balaban J connectivity index is 2.16. The molecule has 1 atom stereocenters. The molecule has 2 aromatic rings. The Morgan fingerprint density at radius 3 is 2.19 bits per heavy atom. The smallest absolute Gasteiger partial charge is 0.398 e. The van der Waals surface area contributed by atoms with Crippen LogP contribution in [0.3, 0.4) is 0 Å². The Morgan fingerprint density at radius 2 is 1.67 bits per heavy atom. The molecule has 0 saturated heterocycles. The summed E-state index contributed by atoms with van der Waals surface area (Å²) in [6.07, 6.45) is -4.40. The number of halogens is 4. The second kappa shape index (κ2) is 5.85. The topological polar surface area (TPSA) is 43.1 Å². The largest absolute Gasteiger partial charge is 0.416 e. The van der Waals surface area contributed by atoms with Crippen LogP contribution in [0.1, 0.15) is 11.1 Å². The van der Waals surface area contributed by atoms with Crippen LogP contribution >= 0.6 is 0 Å². The Hall–Kier alpha value is -1.89. The van der Waals surface area contributed by atoms with Gasteiger partial charge in [-0.1, -0.05) is 12.1 Å². The first-order valence-electron chi connectivity index (χ1n) is 5.87. The highest BCUT2D eigenvalue weighted by Gasteiger charge is 2.29. The van der Waals surface area contributed by atoms with Gasteiger partial charge < -0.3 is 5.73 Å². The maximum atomic E-state index is 12.9. The minimum absolute atomic E-state index is 0.00791. The molecule has 0 aliphatic heterocycles. The van der Waals surface area contributed by atoms with Crippen molar-refractivity contribution >= 4 is 16.5 Å². The van der Waals surface area contributed by atoms with Crippen molar-refractivity contribution in [2.24, 2.45) is 0 Å². The molecule has 7 heteroatoms. The van der Waals surface area contributed by atoms with Crippen LogP contribution in [0.15, 0.2) is 47.4 Å². The van der Waals surface area contributed by atoms with E-state index in [2.05, 4.69) is 0 Å². The Kier molecular flexibility index (Phi) is 4.32. The fourth-order valence-corrected chi connectivity index (χ4v) is 2.94. The third-order valence-corrected chi connectivity index (χ3v) is 4.25. The van der Waals surface area contributed by atoms with Crippen molar-refractivity contribution < 1.29 is 21.8 Å². The number of alkyl halides is 3. The van der Waals surface area contributed by atoms with Crippen LogP contribution in [0.25, 0.3) is 0 Å². The maximum absolute atomic E-state index is 12.9. The average molecular weight is 317 g/mol. The minimum atomic E-state index is -4.40. The van der Waals surface area contributed by atoms with Gasteiger partial charge in [0.05, 0.1) is 32.7 Å². The molecule has 0 heterocycles. The van der Waals surface area contributed by atoms with Gasteiger partial charge in [0, 0.05) is 0 Å². The predicted molar refractivity (Wildman–Crippen MR) is 72.4 cm³/mol. The first-order chi connectivity index (χ1) is 9.77. The van der Waals surface area contributed by atoms with Gasteiger partial charge >= 0.3 is 6.18 Å². The van der Waals surface area contributed by atoms with Gasteiger partial charge in [0.15, 0.2) is 0 Å². The van der Waals surface area contributed by atoms with Crippen molar-refractivity contribution in [2.45, 2.75) is 16.8 Å². The lowest BCUT2D eigenvalue weighted by Crippen LogP contribution is -2.05. The van der Waals surface area contributed by atoms with E-state index in [4.69, 9.17) is 5.73 Å². The van der Waals surface area contributed by atoms with E-state index in [9.17, 15) is 21.8 Å². The van der Waals surface area contributed by atoms with Crippen molar-refractivity contribution in [1.82, 2.24) is 0 Å². The summed E-state index contributed by atoms with van der Waals surface area (Å²) in [4.78, 5) is 0.260. The predicted octanol–water partition coefficient (Wildman–Crippen LogP) is 3.73. The molecule has 0 aromatic heterocycles. The molecular formula is C14H11F4NOS. The Labute approximate surface area is 121 Å². The lowest BCUT2D eigenvalue weighted by atomic mass is 10.1. The number of rotatable bonds is 3. The van der Waals surface area contributed by atoms with Gasteiger partial charge in [-0.2, -0.15) is 13.2 Å². The molecule has 1 unspecified atom stereocenters. The molecule has 2 N–H and O–H groups in total. The van der Waals surface area contributed by atoms with Crippen LogP contribution in [0.2, 0.25) is 0 Å². The van der Waals surface area contributed by atoms with Gasteiger partial charge in [0.25, 0.3) is 0 Å². The zero-order chi connectivity index (χ0) is 15.6. The van der Waals surface area contributed by atoms with Gasteiger partial charge in [-0.25, -0.2) is 4.39 Å². The number of benzene rings is 2. The SMILES string of the molecule is Nc1cc(F)ccc1S(=O)Cc1ccc(C(F)(F)F)cc1. The van der Waals surface area contributed by atoms with Crippen LogP contribution < -0.4 is 5.73 Å². The van der Waals surface area contributed by atoms with Crippen molar-refractivity contribution in [3.8, 4) is 0 Å². The standard InChI is InChI=1S/C14H11F4NOS/c15-11-5-6-13(12(19)7-11)21(20)8-9-1-3-10(4-2-9)14(16,17)18/h1-7H,8,19H2. The number of hydrogen-bond acceptors (Lipinski definition) is 2. The van der Waals surface area contributed by atoms with E-state index in [1.807, 2.05) is 0 Å². The summed E-state index contributed by atoms with van der Waals surface area (Å²) in [5.41, 5.74) is 5.34. The van der Waals surface area contributed by atoms with E-state index in [-0.39, 0.29) is 16.3 Å². The molecule has 0 aliphatic carbocycles. The third-order valence-electron chi connectivity index (χ3n) is 2.80. The molecule has 2 rings (SSSR count). The Morgan fingerprint density at radius 1 is 1.05 bits per heavy atom. The molecule has 0 spiro atoms. The summed E-state index contributed by atoms with van der Waals surface area (Å²) in [6, 6.07) is 7.89. The Bertz CT molecular complexity index is 668. The number of nitrogen functional groups attached to an aromatic ring is 1. The second-order valence-corrected chi connectivity index (χ2v) is 5.79. The summed E-state index contributed by atoms with van der Waals surface area (Å²) in [5.74, 6) is -0.531. The van der Waals surface area contributed by atoms with Gasteiger partial charge in [-0.3, -0.25) is 4.21 Å². The quantitative estimate of drug-likeness (QED) is 0.692. The van der Waals surface area contributed by atoms with Gasteiger partial charge in [-0.15, -0.1) is 0 Å². The second-order valence-electron chi connectivity index (χ2n) is 4.37. The fraction of sp³-hybridized carbons (Fsp3) is 0.143. The highest BCUT2D eigenvalue weighted by molar-refractivity contribution is 7.84. The zero-order valence-electron chi connectivity index (χ0n) is 10.7. The molecule has 21 heavy (non-hydrogen) atoms. The number of nitrogens with two attached hydrogens (primary N) is 1. The summed E-state index contributed by atoms with van der Waals surface area (Å²) in [6.45, 7) is 0. The zero-order valence-corrected chi connectivity index (χ0v) is 11.5. The van der Waals surface area contributed by atoms with Crippen LogP contribution in [-0.4, -0.2) is 4.21 Å². The maximum Gasteiger partial charge on any atom is 0.416 e. The van der Waals surface area contributed by atoms with Crippen LogP contribution in [0, 0.1) is 5.82 Å². The van der Waals surface area contributed by atoms with E-state index in [0.29, 0.717) is 5.56 Å². The fourth-order valence-electron chi connectivity index (χ4n) is 1.75. The number of hydrogen-bond donors (Lipinski definition) is 1. The summed E-state index contributed by atoms with van der Waals surface area (Å²) >= 11 is 0. The summed E-state index contributed by atoms with van der Waals surface area (Å²) < 4.78 is 62.3. The van der Waals surface area contributed by atoms with Gasteiger partial charge in [-0.05, 0) is 35.9 Å². The molecule has 0 radical (unpaired) electrons. The van der Waals surface area contributed by atoms with Crippen molar-refractivity contribution in [3.05, 3.63) is 59.4 Å². The van der Waals surface area contributed by atoms with Crippen molar-refractivity contribution in [2.75, 3.05) is 5.73 Å². The molecule has 2 aromatic carbocycles. The average Bonchev–Trinajstić information content (AvgIpc) is 2.38. The van der Waals surface area contributed by atoms with E-state index < -0.39 is 28.4 Å². The molecule has 0 fully saturated rings. The van der Waals surface area contributed by atoms with E-state index >= 15 is 0 Å². The highest BCUT2D eigenvalue weighted by Crippen LogP contribution is 2.29. The van der Waals surface area contributed by atoms with Crippen LogP contribution in [0.4, 0.5) is 23.2 Å². The lowest BCUT2D eigenvalue weighted by Gasteiger charge is -2.08. The summed E-state index contributed by atoms with van der Waals surface area (Å²) in [5, 5.41) is 0. The minimum Gasteiger partial charge on any atom is -0.398 e. The number of anilines is 1. The van der Waals surface area contributed by atoms with Crippen molar-refractivity contribution in [3.63, 3.8) is 0 Å². The van der Waals surface area contributed by atoms with Crippen molar-refractivity contribution in [1.29, 1.82) is 0 Å². The summed E-state index contributed by atoms with van der Waals surface area (Å²) in [7, 11) is -1.55. The first-order valence-corrected chi connectivity index (χ1v) is 7.19. The van der Waals surface area contributed by atoms with E-state index in [1.165, 1.54) is 18.2 Å². The normalized spacial score (nSPS) is 13.1. The van der Waals surface area contributed by atoms with Crippen LogP contribution in [0.5, 0.6) is 0 Å². The molecule has 112 valence electrons. The highest BCUT2D eigenvalue weighted by atomic mass is 32.2. The molecule has 0 saturated carbocycles. The third kappa shape index (κ3) is 3.81. The molecule has 2 nitrogen and oxygen atoms in total. The monoisotopic (exact) mass is 317 g/mol. The molecule has 0 aliphatic rings.